The molecule has 0 radical (unpaired) electrons. The van der Waals surface area contributed by atoms with Gasteiger partial charge in [-0.1, -0.05) is 11.6 Å². The second-order valence-corrected chi connectivity index (χ2v) is 6.28. The number of rotatable bonds is 2. The molecule has 0 aromatic heterocycles. The topological polar surface area (TPSA) is 58.4 Å². The number of carbonyl (C=O) groups excluding carboxylic acids is 1. The van der Waals surface area contributed by atoms with E-state index in [0.29, 0.717) is 18.4 Å². The van der Waals surface area contributed by atoms with Crippen molar-refractivity contribution >= 4 is 23.2 Å². The van der Waals surface area contributed by atoms with E-state index in [-0.39, 0.29) is 5.91 Å². The summed E-state index contributed by atoms with van der Waals surface area (Å²) in [5.41, 5.74) is 7.91. The first kappa shape index (κ1) is 13.7. The fourth-order valence-electron chi connectivity index (χ4n) is 3.28. The monoisotopic (exact) mass is 293 g/mol. The minimum atomic E-state index is 0.207. The third-order valence-electron chi connectivity index (χ3n) is 4.41. The maximum absolute atomic E-state index is 11.4. The predicted octanol–water partition coefficient (Wildman–Crippen LogP) is 2.02. The first-order valence-corrected chi connectivity index (χ1v) is 7.55. The van der Waals surface area contributed by atoms with Crippen LogP contribution in [-0.4, -0.2) is 29.9 Å². The van der Waals surface area contributed by atoms with Gasteiger partial charge in [0.1, 0.15) is 0 Å². The van der Waals surface area contributed by atoms with Gasteiger partial charge in [-0.25, -0.2) is 0 Å². The highest BCUT2D eigenvalue weighted by Crippen LogP contribution is 2.27. The maximum atomic E-state index is 11.4. The number of likely N-dealkylation sites (tertiary alicyclic amines) is 1. The molecule has 3 rings (SSSR count). The molecule has 108 valence electrons. The Balaban J connectivity index is 1.65. The van der Waals surface area contributed by atoms with Gasteiger partial charge in [-0.15, -0.1) is 0 Å². The van der Waals surface area contributed by atoms with Crippen molar-refractivity contribution in [2.24, 2.45) is 5.92 Å². The van der Waals surface area contributed by atoms with Crippen LogP contribution in [0.15, 0.2) is 18.2 Å². The highest BCUT2D eigenvalue weighted by molar-refractivity contribution is 6.30. The summed E-state index contributed by atoms with van der Waals surface area (Å²) < 4.78 is 0. The summed E-state index contributed by atoms with van der Waals surface area (Å²) in [4.78, 5) is 13.8. The molecule has 2 aliphatic heterocycles. The second-order valence-electron chi connectivity index (χ2n) is 5.84. The number of amides is 1. The molecule has 0 bridgehead atoms. The predicted molar refractivity (Wildman–Crippen MR) is 80.4 cm³/mol. The molecule has 0 saturated carbocycles. The molecule has 2 atom stereocenters. The van der Waals surface area contributed by atoms with E-state index >= 15 is 0 Å². The summed E-state index contributed by atoms with van der Waals surface area (Å²) in [7, 11) is 0. The van der Waals surface area contributed by atoms with Gasteiger partial charge >= 0.3 is 0 Å². The smallest absolute Gasteiger partial charge is 0.220 e. The van der Waals surface area contributed by atoms with Crippen molar-refractivity contribution in [1.82, 2.24) is 10.2 Å². The van der Waals surface area contributed by atoms with Gasteiger partial charge in [-0.3, -0.25) is 9.69 Å². The first-order chi connectivity index (χ1) is 9.61. The summed E-state index contributed by atoms with van der Waals surface area (Å²) in [5, 5.41) is 3.84. The molecule has 5 heteroatoms. The maximum Gasteiger partial charge on any atom is 0.220 e. The van der Waals surface area contributed by atoms with E-state index in [1.807, 2.05) is 18.2 Å². The van der Waals surface area contributed by atoms with Crippen LogP contribution in [0, 0.1) is 5.92 Å². The summed E-state index contributed by atoms with van der Waals surface area (Å²) in [6.07, 6.45) is 2.68. The van der Waals surface area contributed by atoms with Crippen LogP contribution in [0.3, 0.4) is 0 Å². The molecule has 3 N–H and O–H groups in total. The standard InChI is InChI=1S/C15H20ClN3O/c16-12-2-3-13(17)11(7-12)9-19-6-5-14-10(8-19)1-4-15(20)18-14/h2-3,7,10,14H,1,4-6,8-9,17H2,(H,18,20). The van der Waals surface area contributed by atoms with Gasteiger partial charge in [0.25, 0.3) is 0 Å². The summed E-state index contributed by atoms with van der Waals surface area (Å²) in [6.45, 7) is 2.86. The molecule has 0 spiro atoms. The number of hydrogen-bond donors (Lipinski definition) is 2. The lowest BCUT2D eigenvalue weighted by atomic mass is 9.85. The highest BCUT2D eigenvalue weighted by Gasteiger charge is 2.33. The quantitative estimate of drug-likeness (QED) is 0.820. The highest BCUT2D eigenvalue weighted by atomic mass is 35.5. The number of fused-ring (bicyclic) bond motifs is 1. The van der Waals surface area contributed by atoms with Gasteiger partial charge in [0.2, 0.25) is 5.91 Å². The number of anilines is 1. The number of nitrogens with one attached hydrogen (secondary N) is 1. The number of nitrogens with two attached hydrogens (primary N) is 1. The number of benzene rings is 1. The molecule has 4 nitrogen and oxygen atoms in total. The first-order valence-electron chi connectivity index (χ1n) is 7.17. The Morgan fingerprint density at radius 1 is 1.40 bits per heavy atom. The van der Waals surface area contributed by atoms with Crippen LogP contribution in [0.25, 0.3) is 0 Å². The Hall–Kier alpha value is -1.26. The van der Waals surface area contributed by atoms with E-state index < -0.39 is 0 Å². The fourth-order valence-corrected chi connectivity index (χ4v) is 3.48. The van der Waals surface area contributed by atoms with Gasteiger partial charge in [-0.2, -0.15) is 0 Å². The minimum absolute atomic E-state index is 0.207. The molecular formula is C15H20ClN3O. The van der Waals surface area contributed by atoms with Crippen LogP contribution in [-0.2, 0) is 11.3 Å². The summed E-state index contributed by atoms with van der Waals surface area (Å²) in [6, 6.07) is 6.00. The minimum Gasteiger partial charge on any atom is -0.398 e. The Kier molecular flexibility index (Phi) is 3.85. The number of hydrogen-bond acceptors (Lipinski definition) is 3. The number of piperidine rings is 2. The largest absolute Gasteiger partial charge is 0.398 e. The van der Waals surface area contributed by atoms with E-state index in [1.54, 1.807) is 0 Å². The second kappa shape index (κ2) is 5.62. The van der Waals surface area contributed by atoms with Crippen molar-refractivity contribution in [2.45, 2.75) is 31.8 Å². The van der Waals surface area contributed by atoms with E-state index in [4.69, 9.17) is 17.3 Å². The number of nitrogens with zero attached hydrogens (tertiary/aromatic N) is 1. The lowest BCUT2D eigenvalue weighted by molar-refractivity contribution is -0.125. The molecule has 1 amide bonds. The van der Waals surface area contributed by atoms with Crippen molar-refractivity contribution in [3.05, 3.63) is 28.8 Å². The zero-order chi connectivity index (χ0) is 14.1. The van der Waals surface area contributed by atoms with E-state index in [0.717, 1.165) is 48.7 Å². The lowest BCUT2D eigenvalue weighted by Gasteiger charge is -2.41. The number of carbonyl (C=O) groups is 1. The lowest BCUT2D eigenvalue weighted by Crippen LogP contribution is -2.53. The third-order valence-corrected chi connectivity index (χ3v) is 4.64. The van der Waals surface area contributed by atoms with Gasteiger partial charge in [0.15, 0.2) is 0 Å². The van der Waals surface area contributed by atoms with E-state index in [2.05, 4.69) is 10.2 Å². The van der Waals surface area contributed by atoms with Crippen molar-refractivity contribution in [2.75, 3.05) is 18.8 Å². The zero-order valence-electron chi connectivity index (χ0n) is 11.4. The molecule has 2 saturated heterocycles. The van der Waals surface area contributed by atoms with Crippen LogP contribution in [0.4, 0.5) is 5.69 Å². The molecule has 20 heavy (non-hydrogen) atoms. The van der Waals surface area contributed by atoms with Crippen molar-refractivity contribution < 1.29 is 4.79 Å². The van der Waals surface area contributed by atoms with E-state index in [9.17, 15) is 4.79 Å². The molecule has 2 fully saturated rings. The molecule has 0 aliphatic carbocycles. The zero-order valence-corrected chi connectivity index (χ0v) is 12.2. The number of halogens is 1. The number of nitrogen functional groups attached to an aromatic ring is 1. The Morgan fingerprint density at radius 3 is 3.10 bits per heavy atom. The van der Waals surface area contributed by atoms with Gasteiger partial charge < -0.3 is 11.1 Å². The van der Waals surface area contributed by atoms with Crippen LogP contribution < -0.4 is 11.1 Å². The molecule has 1 aromatic carbocycles. The van der Waals surface area contributed by atoms with Crippen LogP contribution >= 0.6 is 11.6 Å². The summed E-state index contributed by atoms with van der Waals surface area (Å²) in [5.74, 6) is 0.778. The van der Waals surface area contributed by atoms with Gasteiger partial charge in [0, 0.05) is 42.8 Å². The summed E-state index contributed by atoms with van der Waals surface area (Å²) >= 11 is 6.04. The van der Waals surface area contributed by atoms with E-state index in [1.165, 1.54) is 0 Å². The molecule has 1 aromatic rings. The average molecular weight is 294 g/mol. The normalized spacial score (nSPS) is 26.9. The van der Waals surface area contributed by atoms with Crippen LogP contribution in [0.2, 0.25) is 5.02 Å². The van der Waals surface area contributed by atoms with Crippen LogP contribution in [0.5, 0.6) is 0 Å². The molecule has 2 unspecified atom stereocenters. The Labute approximate surface area is 124 Å². The Morgan fingerprint density at radius 2 is 2.25 bits per heavy atom. The fraction of sp³-hybridized carbons (Fsp3) is 0.533. The molecular weight excluding hydrogens is 274 g/mol. The van der Waals surface area contributed by atoms with Crippen LogP contribution in [0.1, 0.15) is 24.8 Å². The van der Waals surface area contributed by atoms with Crippen molar-refractivity contribution in [1.29, 1.82) is 0 Å². The SMILES string of the molecule is Nc1ccc(Cl)cc1CN1CCC2NC(=O)CCC2C1. The molecule has 2 aliphatic rings. The van der Waals surface area contributed by atoms with Gasteiger partial charge in [0.05, 0.1) is 0 Å². The molecule has 2 heterocycles. The average Bonchev–Trinajstić information content (AvgIpc) is 2.43. The third kappa shape index (κ3) is 2.91. The van der Waals surface area contributed by atoms with Crippen molar-refractivity contribution in [3.8, 4) is 0 Å². The van der Waals surface area contributed by atoms with Gasteiger partial charge in [-0.05, 0) is 42.5 Å². The Bertz CT molecular complexity index is 520. The van der Waals surface area contributed by atoms with Crippen molar-refractivity contribution in [3.63, 3.8) is 0 Å².